The van der Waals surface area contributed by atoms with E-state index in [2.05, 4.69) is 4.98 Å². The third kappa shape index (κ3) is 3.51. The number of hydrogen-bond donors (Lipinski definition) is 1. The average molecular weight is 377 g/mol. The Kier molecular flexibility index (Phi) is 4.65. The number of carbonyl (C=O) groups is 1. The molecular weight excluding hydrogens is 363 g/mol. The van der Waals surface area contributed by atoms with Crippen LogP contribution in [-0.2, 0) is 6.18 Å². The number of benzene rings is 2. The molecule has 27 heavy (non-hydrogen) atoms. The number of rotatable bonds is 4. The normalized spacial score (nSPS) is 11.4. The molecule has 3 rings (SSSR count). The van der Waals surface area contributed by atoms with Crippen LogP contribution in [0.4, 0.5) is 13.2 Å². The summed E-state index contributed by atoms with van der Waals surface area (Å²) < 4.78 is 49.3. The smallest absolute Gasteiger partial charge is 0.416 e. The highest BCUT2D eigenvalue weighted by Crippen LogP contribution is 2.36. The van der Waals surface area contributed by atoms with Crippen molar-refractivity contribution in [1.29, 1.82) is 0 Å². The molecule has 0 bridgehead atoms. The Morgan fingerprint density at radius 1 is 1.04 bits per heavy atom. The van der Waals surface area contributed by atoms with Crippen molar-refractivity contribution in [1.82, 2.24) is 4.98 Å². The van der Waals surface area contributed by atoms with Crippen LogP contribution in [0.25, 0.3) is 22.2 Å². The van der Waals surface area contributed by atoms with E-state index < -0.39 is 17.7 Å². The molecule has 0 atom stereocenters. The van der Waals surface area contributed by atoms with Crippen molar-refractivity contribution in [2.45, 2.75) is 6.18 Å². The van der Waals surface area contributed by atoms with Gasteiger partial charge in [-0.05, 0) is 24.3 Å². The van der Waals surface area contributed by atoms with E-state index in [4.69, 9.17) is 9.47 Å². The number of carboxylic acid groups (broad SMARTS) is 1. The highest BCUT2D eigenvalue weighted by Gasteiger charge is 2.30. The van der Waals surface area contributed by atoms with E-state index in [1.54, 1.807) is 0 Å². The van der Waals surface area contributed by atoms with Crippen molar-refractivity contribution >= 4 is 16.9 Å². The van der Waals surface area contributed by atoms with Crippen LogP contribution in [0.1, 0.15) is 15.9 Å². The molecule has 0 unspecified atom stereocenters. The van der Waals surface area contributed by atoms with Crippen LogP contribution < -0.4 is 9.47 Å². The van der Waals surface area contributed by atoms with E-state index in [-0.39, 0.29) is 27.7 Å². The van der Waals surface area contributed by atoms with E-state index >= 15 is 0 Å². The van der Waals surface area contributed by atoms with Crippen molar-refractivity contribution in [2.75, 3.05) is 14.2 Å². The van der Waals surface area contributed by atoms with Crippen LogP contribution in [0.2, 0.25) is 0 Å². The molecule has 1 N–H and O–H groups in total. The Morgan fingerprint density at radius 3 is 2.30 bits per heavy atom. The first-order valence-corrected chi connectivity index (χ1v) is 7.72. The first kappa shape index (κ1) is 18.5. The predicted molar refractivity (Wildman–Crippen MR) is 92.2 cm³/mol. The molecule has 0 amide bonds. The zero-order chi connectivity index (χ0) is 19.8. The summed E-state index contributed by atoms with van der Waals surface area (Å²) in [6.07, 6.45) is -4.51. The second-order valence-corrected chi connectivity index (χ2v) is 5.66. The molecule has 8 heteroatoms. The van der Waals surface area contributed by atoms with Gasteiger partial charge >= 0.3 is 12.1 Å². The molecule has 0 aliphatic heterocycles. The third-order valence-electron chi connectivity index (χ3n) is 4.03. The molecule has 0 spiro atoms. The van der Waals surface area contributed by atoms with Gasteiger partial charge in [-0.3, -0.25) is 0 Å². The van der Waals surface area contributed by atoms with Gasteiger partial charge in [0.05, 0.1) is 36.6 Å². The van der Waals surface area contributed by atoms with Crippen molar-refractivity contribution < 1.29 is 32.5 Å². The van der Waals surface area contributed by atoms with Crippen LogP contribution in [-0.4, -0.2) is 30.3 Å². The largest absolute Gasteiger partial charge is 0.493 e. The quantitative estimate of drug-likeness (QED) is 0.718. The number of hydrogen-bond acceptors (Lipinski definition) is 4. The SMILES string of the molecule is COc1cc2nc(-c3cccc(C(F)(F)F)c3)cc(C(=O)O)c2cc1OC. The fourth-order valence-electron chi connectivity index (χ4n) is 2.73. The summed E-state index contributed by atoms with van der Waals surface area (Å²) in [6, 6.07) is 8.76. The standard InChI is InChI=1S/C19H14F3NO4/c1-26-16-8-12-13(18(24)25)7-14(23-15(12)9-17(16)27-2)10-4-3-5-11(6-10)19(20,21)22/h3-9H,1-2H3,(H,24,25). The lowest BCUT2D eigenvalue weighted by Gasteiger charge is -2.13. The monoisotopic (exact) mass is 377 g/mol. The summed E-state index contributed by atoms with van der Waals surface area (Å²) in [5, 5.41) is 9.84. The highest BCUT2D eigenvalue weighted by molar-refractivity contribution is 6.04. The average Bonchev–Trinajstić information content (AvgIpc) is 2.65. The summed E-state index contributed by atoms with van der Waals surface area (Å²) in [5.74, 6) is -0.584. The van der Waals surface area contributed by atoms with Gasteiger partial charge in [0.2, 0.25) is 0 Å². The molecule has 0 aliphatic carbocycles. The zero-order valence-corrected chi connectivity index (χ0v) is 14.3. The van der Waals surface area contributed by atoms with Gasteiger partial charge in [-0.1, -0.05) is 12.1 Å². The van der Waals surface area contributed by atoms with Gasteiger partial charge < -0.3 is 14.6 Å². The number of ether oxygens (including phenoxy) is 2. The molecule has 0 fully saturated rings. The van der Waals surface area contributed by atoms with E-state index in [0.717, 1.165) is 12.1 Å². The lowest BCUT2D eigenvalue weighted by Crippen LogP contribution is -2.05. The number of fused-ring (bicyclic) bond motifs is 1. The molecule has 0 saturated carbocycles. The fraction of sp³-hybridized carbons (Fsp3) is 0.158. The van der Waals surface area contributed by atoms with Gasteiger partial charge in [0.25, 0.3) is 0 Å². The minimum Gasteiger partial charge on any atom is -0.493 e. The molecule has 1 aromatic heterocycles. The second-order valence-electron chi connectivity index (χ2n) is 5.66. The Hall–Kier alpha value is -3.29. The topological polar surface area (TPSA) is 68.7 Å². The first-order chi connectivity index (χ1) is 12.7. The summed E-state index contributed by atoms with van der Waals surface area (Å²) in [5.41, 5.74) is -0.415. The Balaban J connectivity index is 2.28. The van der Waals surface area contributed by atoms with Crippen LogP contribution in [0.5, 0.6) is 11.5 Å². The summed E-state index contributed by atoms with van der Waals surface area (Å²) in [6.45, 7) is 0. The molecule has 2 aromatic carbocycles. The Morgan fingerprint density at radius 2 is 1.70 bits per heavy atom. The van der Waals surface area contributed by atoms with Crippen LogP contribution in [0.3, 0.4) is 0 Å². The molecule has 0 saturated heterocycles. The Bertz CT molecular complexity index is 1030. The second kappa shape index (κ2) is 6.79. The zero-order valence-electron chi connectivity index (χ0n) is 14.3. The maximum Gasteiger partial charge on any atom is 0.416 e. The van der Waals surface area contributed by atoms with Crippen LogP contribution >= 0.6 is 0 Å². The van der Waals surface area contributed by atoms with Crippen LogP contribution in [0, 0.1) is 0 Å². The maximum atomic E-state index is 13.0. The number of aromatic nitrogens is 1. The summed E-state index contributed by atoms with van der Waals surface area (Å²) in [4.78, 5) is 16.0. The number of halogens is 3. The van der Waals surface area contributed by atoms with Gasteiger partial charge in [0.15, 0.2) is 11.5 Å². The van der Waals surface area contributed by atoms with Crippen molar-refractivity contribution in [3.8, 4) is 22.8 Å². The maximum absolute atomic E-state index is 13.0. The molecule has 5 nitrogen and oxygen atoms in total. The van der Waals surface area contributed by atoms with E-state index in [9.17, 15) is 23.1 Å². The molecule has 0 radical (unpaired) electrons. The minimum atomic E-state index is -4.51. The molecule has 1 heterocycles. The van der Waals surface area contributed by atoms with E-state index in [0.29, 0.717) is 11.5 Å². The summed E-state index contributed by atoms with van der Waals surface area (Å²) >= 11 is 0. The number of alkyl halides is 3. The van der Waals surface area contributed by atoms with E-state index in [1.807, 2.05) is 0 Å². The first-order valence-electron chi connectivity index (χ1n) is 7.72. The number of pyridine rings is 1. The van der Waals surface area contributed by atoms with E-state index in [1.165, 1.54) is 44.6 Å². The van der Waals surface area contributed by atoms with Crippen molar-refractivity contribution in [3.63, 3.8) is 0 Å². The molecule has 140 valence electrons. The predicted octanol–water partition coefficient (Wildman–Crippen LogP) is 4.64. The molecular formula is C19H14F3NO4. The van der Waals surface area contributed by atoms with Gasteiger partial charge in [-0.15, -0.1) is 0 Å². The highest BCUT2D eigenvalue weighted by atomic mass is 19.4. The Labute approximate surface area is 152 Å². The number of nitrogens with zero attached hydrogens (tertiary/aromatic N) is 1. The lowest BCUT2D eigenvalue weighted by molar-refractivity contribution is -0.137. The number of aromatic carboxylic acids is 1. The summed E-state index contributed by atoms with van der Waals surface area (Å²) in [7, 11) is 2.83. The number of methoxy groups -OCH3 is 2. The fourth-order valence-corrected chi connectivity index (χ4v) is 2.73. The van der Waals surface area contributed by atoms with Gasteiger partial charge in [-0.25, -0.2) is 9.78 Å². The number of carboxylic acids is 1. The van der Waals surface area contributed by atoms with Crippen molar-refractivity contribution in [2.24, 2.45) is 0 Å². The lowest BCUT2D eigenvalue weighted by atomic mass is 10.0. The minimum absolute atomic E-state index is 0.103. The molecule has 3 aromatic rings. The molecule has 0 aliphatic rings. The van der Waals surface area contributed by atoms with Crippen LogP contribution in [0.15, 0.2) is 42.5 Å². The van der Waals surface area contributed by atoms with Gasteiger partial charge in [-0.2, -0.15) is 13.2 Å². The third-order valence-corrected chi connectivity index (χ3v) is 4.03. The van der Waals surface area contributed by atoms with Crippen molar-refractivity contribution in [3.05, 3.63) is 53.6 Å². The van der Waals surface area contributed by atoms with Gasteiger partial charge in [0.1, 0.15) is 0 Å². The van der Waals surface area contributed by atoms with Gasteiger partial charge in [0, 0.05) is 17.0 Å².